The SMILES string of the molecule is O=C(O)C1CC2CCC1N2S(=O)(=O)c1cc(C(F)(F)F)ccc1O. The van der Waals surface area contributed by atoms with Crippen LogP contribution in [0.25, 0.3) is 0 Å². The van der Waals surface area contributed by atoms with E-state index in [-0.39, 0.29) is 6.42 Å². The molecule has 1 aromatic carbocycles. The van der Waals surface area contributed by atoms with Gasteiger partial charge in [-0.1, -0.05) is 0 Å². The molecule has 2 heterocycles. The fourth-order valence-corrected chi connectivity index (χ4v) is 5.62. The Balaban J connectivity index is 2.05. The number of alkyl halides is 3. The third-order valence-corrected chi connectivity index (χ3v) is 6.64. The van der Waals surface area contributed by atoms with Crippen molar-refractivity contribution < 1.29 is 36.6 Å². The third kappa shape index (κ3) is 2.53. The zero-order valence-corrected chi connectivity index (χ0v) is 13.0. The Morgan fingerprint density at radius 3 is 2.46 bits per heavy atom. The molecule has 0 radical (unpaired) electrons. The molecule has 3 unspecified atom stereocenters. The maximum Gasteiger partial charge on any atom is 0.416 e. The molecule has 0 spiro atoms. The van der Waals surface area contributed by atoms with Crippen LogP contribution in [0, 0.1) is 5.92 Å². The van der Waals surface area contributed by atoms with Crippen molar-refractivity contribution in [3.8, 4) is 5.75 Å². The molecule has 2 fully saturated rings. The molecule has 0 saturated carbocycles. The average Bonchev–Trinajstić information content (AvgIpc) is 3.04. The lowest BCUT2D eigenvalue weighted by molar-refractivity contribution is -0.142. The van der Waals surface area contributed by atoms with Crippen LogP contribution in [0.2, 0.25) is 0 Å². The highest BCUT2D eigenvalue weighted by Crippen LogP contribution is 2.46. The van der Waals surface area contributed by atoms with Crippen molar-refractivity contribution in [1.82, 2.24) is 4.31 Å². The molecule has 2 aliphatic heterocycles. The molecule has 0 amide bonds. The topological polar surface area (TPSA) is 94.9 Å². The van der Waals surface area contributed by atoms with Crippen molar-refractivity contribution >= 4 is 16.0 Å². The summed E-state index contributed by atoms with van der Waals surface area (Å²) in [7, 11) is -4.43. The molecule has 132 valence electrons. The number of sulfonamides is 1. The van der Waals surface area contributed by atoms with Gasteiger partial charge in [0.2, 0.25) is 10.0 Å². The van der Waals surface area contributed by atoms with Gasteiger partial charge in [0, 0.05) is 12.1 Å². The monoisotopic (exact) mass is 365 g/mol. The highest BCUT2D eigenvalue weighted by molar-refractivity contribution is 7.89. The number of fused-ring (bicyclic) bond motifs is 2. The summed E-state index contributed by atoms with van der Waals surface area (Å²) in [5, 5.41) is 19.0. The molecule has 24 heavy (non-hydrogen) atoms. The minimum Gasteiger partial charge on any atom is -0.507 e. The van der Waals surface area contributed by atoms with E-state index in [0.29, 0.717) is 31.0 Å². The lowest BCUT2D eigenvalue weighted by Gasteiger charge is -2.23. The van der Waals surface area contributed by atoms with Crippen LogP contribution in [-0.2, 0) is 21.0 Å². The standard InChI is InChI=1S/C14H14F3NO5S/c15-14(16,17)7-1-4-11(19)12(5-7)24(22,23)18-8-2-3-10(18)9(6-8)13(20)21/h1,4-5,8-10,19H,2-3,6H2,(H,20,21). The minimum absolute atomic E-state index is 0.124. The Morgan fingerprint density at radius 1 is 1.25 bits per heavy atom. The summed E-state index contributed by atoms with van der Waals surface area (Å²) in [5.74, 6) is -2.80. The molecule has 3 atom stereocenters. The van der Waals surface area contributed by atoms with Crippen LogP contribution in [0.5, 0.6) is 5.75 Å². The van der Waals surface area contributed by atoms with E-state index in [4.69, 9.17) is 0 Å². The first-order chi connectivity index (χ1) is 11.0. The number of hydrogen-bond donors (Lipinski definition) is 2. The summed E-state index contributed by atoms with van der Waals surface area (Å²) in [6, 6.07) is 0.287. The maximum atomic E-state index is 12.8. The second kappa shape index (κ2) is 5.35. The molecular formula is C14H14F3NO5S. The van der Waals surface area contributed by atoms with Gasteiger partial charge >= 0.3 is 12.1 Å². The number of phenols is 1. The first-order valence-corrected chi connectivity index (χ1v) is 8.64. The van der Waals surface area contributed by atoms with Gasteiger partial charge in [-0.05, 0) is 37.5 Å². The van der Waals surface area contributed by atoms with Gasteiger partial charge in [-0.15, -0.1) is 0 Å². The number of phenolic OH excluding ortho intramolecular Hbond substituents is 1. The van der Waals surface area contributed by atoms with Crippen LogP contribution in [0.4, 0.5) is 13.2 Å². The summed E-state index contributed by atoms with van der Waals surface area (Å²) in [6.45, 7) is 0. The molecule has 2 saturated heterocycles. The Morgan fingerprint density at radius 2 is 1.92 bits per heavy atom. The maximum absolute atomic E-state index is 12.8. The molecule has 6 nitrogen and oxygen atoms in total. The van der Waals surface area contributed by atoms with Crippen molar-refractivity contribution in [3.05, 3.63) is 23.8 Å². The number of carboxylic acids is 1. The molecule has 0 aromatic heterocycles. The summed E-state index contributed by atoms with van der Waals surface area (Å²) in [4.78, 5) is 10.4. The normalized spacial score (nSPS) is 27.5. The number of aromatic hydroxyl groups is 1. The summed E-state index contributed by atoms with van der Waals surface area (Å²) >= 11 is 0. The van der Waals surface area contributed by atoms with E-state index in [2.05, 4.69) is 0 Å². The number of hydrogen-bond acceptors (Lipinski definition) is 4. The minimum atomic E-state index is -4.76. The van der Waals surface area contributed by atoms with E-state index in [1.165, 1.54) is 0 Å². The van der Waals surface area contributed by atoms with E-state index in [1.807, 2.05) is 0 Å². The number of benzene rings is 1. The van der Waals surface area contributed by atoms with Gasteiger partial charge in [0.05, 0.1) is 11.5 Å². The van der Waals surface area contributed by atoms with Crippen LogP contribution >= 0.6 is 0 Å². The van der Waals surface area contributed by atoms with Crippen LogP contribution in [0.3, 0.4) is 0 Å². The number of carbonyl (C=O) groups is 1. The van der Waals surface area contributed by atoms with E-state index < -0.39 is 56.4 Å². The van der Waals surface area contributed by atoms with Gasteiger partial charge in [0.1, 0.15) is 10.6 Å². The van der Waals surface area contributed by atoms with E-state index in [0.717, 1.165) is 4.31 Å². The van der Waals surface area contributed by atoms with E-state index >= 15 is 0 Å². The molecule has 2 N–H and O–H groups in total. The van der Waals surface area contributed by atoms with Gasteiger partial charge in [-0.25, -0.2) is 8.42 Å². The van der Waals surface area contributed by atoms with Crippen molar-refractivity contribution in [2.24, 2.45) is 5.92 Å². The highest BCUT2D eigenvalue weighted by atomic mass is 32.2. The fourth-order valence-electron chi connectivity index (χ4n) is 3.59. The predicted octanol–water partition coefficient (Wildman–Crippen LogP) is 2.04. The highest BCUT2D eigenvalue weighted by Gasteiger charge is 2.55. The molecule has 2 bridgehead atoms. The van der Waals surface area contributed by atoms with Gasteiger partial charge in [-0.3, -0.25) is 4.79 Å². The van der Waals surface area contributed by atoms with Crippen LogP contribution < -0.4 is 0 Å². The van der Waals surface area contributed by atoms with Gasteiger partial charge in [0.15, 0.2) is 0 Å². The second-order valence-corrected chi connectivity index (χ2v) is 7.81. The third-order valence-electron chi connectivity index (χ3n) is 4.63. The predicted molar refractivity (Wildman–Crippen MR) is 74.7 cm³/mol. The molecule has 3 rings (SSSR count). The molecule has 1 aromatic rings. The lowest BCUT2D eigenvalue weighted by Crippen LogP contribution is -2.38. The largest absolute Gasteiger partial charge is 0.507 e. The molecule has 2 aliphatic rings. The number of carboxylic acid groups (broad SMARTS) is 1. The first kappa shape index (κ1) is 17.0. The van der Waals surface area contributed by atoms with Gasteiger partial charge in [0.25, 0.3) is 0 Å². The van der Waals surface area contributed by atoms with Crippen LogP contribution in [0.15, 0.2) is 23.1 Å². The number of nitrogens with zero attached hydrogens (tertiary/aromatic N) is 1. The van der Waals surface area contributed by atoms with Crippen molar-refractivity contribution in [2.45, 2.75) is 42.4 Å². The fraction of sp³-hybridized carbons (Fsp3) is 0.500. The Bertz CT molecular complexity index is 792. The summed E-state index contributed by atoms with van der Waals surface area (Å²) in [5.41, 5.74) is -1.19. The van der Waals surface area contributed by atoms with Crippen molar-refractivity contribution in [3.63, 3.8) is 0 Å². The zero-order valence-electron chi connectivity index (χ0n) is 12.2. The van der Waals surface area contributed by atoms with Crippen LogP contribution in [-0.4, -0.2) is 41.0 Å². The molecule has 10 heteroatoms. The van der Waals surface area contributed by atoms with Gasteiger partial charge in [-0.2, -0.15) is 17.5 Å². The Kier molecular flexibility index (Phi) is 3.79. The second-order valence-electron chi connectivity index (χ2n) is 5.99. The van der Waals surface area contributed by atoms with Crippen LogP contribution in [0.1, 0.15) is 24.8 Å². The Labute approximate surface area is 135 Å². The quantitative estimate of drug-likeness (QED) is 0.855. The summed E-state index contributed by atoms with van der Waals surface area (Å²) < 4.78 is 65.0. The molecule has 0 aliphatic carbocycles. The van der Waals surface area contributed by atoms with Crippen molar-refractivity contribution in [2.75, 3.05) is 0 Å². The first-order valence-electron chi connectivity index (χ1n) is 7.20. The smallest absolute Gasteiger partial charge is 0.416 e. The lowest BCUT2D eigenvalue weighted by atomic mass is 9.89. The molecular weight excluding hydrogens is 351 g/mol. The van der Waals surface area contributed by atoms with Gasteiger partial charge < -0.3 is 10.2 Å². The zero-order chi connectivity index (χ0) is 17.9. The average molecular weight is 365 g/mol. The Hall–Kier alpha value is -1.81. The number of rotatable bonds is 3. The number of halogens is 3. The van der Waals surface area contributed by atoms with E-state index in [9.17, 15) is 36.6 Å². The summed E-state index contributed by atoms with van der Waals surface area (Å²) in [6.07, 6.45) is -3.85. The van der Waals surface area contributed by atoms with Crippen molar-refractivity contribution in [1.29, 1.82) is 0 Å². The van der Waals surface area contributed by atoms with E-state index in [1.54, 1.807) is 0 Å². The number of aliphatic carboxylic acids is 1.